The molecule has 1 aliphatic carbocycles. The van der Waals surface area contributed by atoms with E-state index in [4.69, 9.17) is 10.8 Å². The largest absolute Gasteiger partial charge is 0.475 e. The fourth-order valence-corrected chi connectivity index (χ4v) is 4.97. The van der Waals surface area contributed by atoms with E-state index in [0.717, 1.165) is 22.3 Å². The van der Waals surface area contributed by atoms with Gasteiger partial charge in [-0.15, -0.1) is 0 Å². The van der Waals surface area contributed by atoms with Crippen LogP contribution in [0.25, 0.3) is 0 Å². The number of carboxylic acid groups (broad SMARTS) is 1. The second kappa shape index (κ2) is 9.14. The number of ketones is 1. The van der Waals surface area contributed by atoms with Gasteiger partial charge in [-0.25, -0.2) is 4.79 Å². The summed E-state index contributed by atoms with van der Waals surface area (Å²) in [6, 6.07) is 18.8. The molecule has 3 unspecified atom stereocenters. The number of benzene rings is 2. The normalized spacial score (nSPS) is 17.1. The fraction of sp³-hybridized carbons (Fsp3) is 0.231. The molecule has 4 rings (SSSR count). The lowest BCUT2D eigenvalue weighted by Crippen LogP contribution is -2.38. The molecule has 1 heterocycles. The number of nitrogens with two attached hydrogens (primary N) is 1. The molecule has 1 aliphatic rings. The maximum atomic E-state index is 12.8. The number of fused-ring (bicyclic) bond motifs is 1. The second-order valence-corrected chi connectivity index (χ2v) is 8.18. The maximum absolute atomic E-state index is 12.8. The zero-order valence-corrected chi connectivity index (χ0v) is 17.5. The molecule has 3 atom stereocenters. The third kappa shape index (κ3) is 4.17. The Hall–Kier alpha value is -3.80. The van der Waals surface area contributed by atoms with Gasteiger partial charge in [0.25, 0.3) is 5.78 Å². The summed E-state index contributed by atoms with van der Waals surface area (Å²) in [4.78, 5) is 40.5. The van der Waals surface area contributed by atoms with Crippen molar-refractivity contribution in [3.63, 3.8) is 0 Å². The number of carbonyl (C=O) groups is 3. The van der Waals surface area contributed by atoms with E-state index >= 15 is 0 Å². The number of primary amides is 1. The Bertz CT molecular complexity index is 1110. The molecule has 1 amide bonds. The highest BCUT2D eigenvalue weighted by atomic mass is 16.4. The molecule has 3 N–H and O–H groups in total. The SMILES string of the molecule is NC(=O)C(C1CCc2c(cccc2C(=O)C(=O)O)C1)C(c1ccccc1)c1cccnc1. The van der Waals surface area contributed by atoms with Crippen LogP contribution in [0.4, 0.5) is 0 Å². The standard InChI is InChI=1S/C26H24N2O4/c27-25(30)23(22(16-6-2-1-3-7-16)19-9-5-13-28-15-19)18-11-12-20-17(14-18)8-4-10-21(20)24(29)26(31)32/h1-10,13,15,18,22-23H,11-12,14H2,(H2,27,30)(H,31,32). The van der Waals surface area contributed by atoms with Crippen LogP contribution in [0.1, 0.15) is 45.0 Å². The van der Waals surface area contributed by atoms with Crippen LogP contribution in [0.15, 0.2) is 73.1 Å². The van der Waals surface area contributed by atoms with Crippen molar-refractivity contribution in [2.45, 2.75) is 25.2 Å². The first-order valence-corrected chi connectivity index (χ1v) is 10.6. The van der Waals surface area contributed by atoms with Crippen molar-refractivity contribution in [1.82, 2.24) is 4.98 Å². The van der Waals surface area contributed by atoms with Crippen LogP contribution in [-0.2, 0) is 22.4 Å². The molecule has 6 heteroatoms. The summed E-state index contributed by atoms with van der Waals surface area (Å²) < 4.78 is 0. The molecule has 162 valence electrons. The first kappa shape index (κ1) is 21.4. The summed E-state index contributed by atoms with van der Waals surface area (Å²) in [5.41, 5.74) is 9.79. The number of aromatic nitrogens is 1. The second-order valence-electron chi connectivity index (χ2n) is 8.18. The summed E-state index contributed by atoms with van der Waals surface area (Å²) in [7, 11) is 0. The quantitative estimate of drug-likeness (QED) is 0.443. The van der Waals surface area contributed by atoms with Gasteiger partial charge in [0.05, 0.1) is 5.92 Å². The van der Waals surface area contributed by atoms with Crippen molar-refractivity contribution >= 4 is 17.7 Å². The van der Waals surface area contributed by atoms with Crippen LogP contribution >= 0.6 is 0 Å². The van der Waals surface area contributed by atoms with E-state index < -0.39 is 17.7 Å². The summed E-state index contributed by atoms with van der Waals surface area (Å²) in [5.74, 6) is -3.53. The number of hydrogen-bond acceptors (Lipinski definition) is 4. The van der Waals surface area contributed by atoms with E-state index in [0.29, 0.717) is 19.3 Å². The molecule has 0 bridgehead atoms. The Labute approximate surface area is 186 Å². The Morgan fingerprint density at radius 1 is 0.969 bits per heavy atom. The minimum absolute atomic E-state index is 0.0550. The number of Topliss-reactive ketones (excluding diaryl/α,β-unsaturated/α-hetero) is 1. The molecule has 0 fully saturated rings. The molecular weight excluding hydrogens is 404 g/mol. The van der Waals surface area contributed by atoms with Gasteiger partial charge in [-0.2, -0.15) is 0 Å². The van der Waals surface area contributed by atoms with Gasteiger partial charge in [-0.3, -0.25) is 14.6 Å². The van der Waals surface area contributed by atoms with E-state index in [1.807, 2.05) is 48.5 Å². The highest BCUT2D eigenvalue weighted by molar-refractivity contribution is 6.40. The van der Waals surface area contributed by atoms with Gasteiger partial charge in [0.15, 0.2) is 0 Å². The van der Waals surface area contributed by atoms with E-state index in [1.165, 1.54) is 0 Å². The molecule has 0 radical (unpaired) electrons. The minimum Gasteiger partial charge on any atom is -0.475 e. The van der Waals surface area contributed by atoms with E-state index in [1.54, 1.807) is 24.5 Å². The molecule has 0 spiro atoms. The molecule has 6 nitrogen and oxygen atoms in total. The first-order chi connectivity index (χ1) is 15.5. The van der Waals surface area contributed by atoms with Gasteiger partial charge in [-0.1, -0.05) is 54.6 Å². The van der Waals surface area contributed by atoms with Crippen molar-refractivity contribution in [2.24, 2.45) is 17.6 Å². The number of nitrogens with zero attached hydrogens (tertiary/aromatic N) is 1. The van der Waals surface area contributed by atoms with Crippen LogP contribution in [-0.4, -0.2) is 27.8 Å². The Kier molecular flexibility index (Phi) is 6.12. The van der Waals surface area contributed by atoms with Crippen LogP contribution < -0.4 is 5.73 Å². The maximum Gasteiger partial charge on any atom is 0.377 e. The smallest absolute Gasteiger partial charge is 0.377 e. The van der Waals surface area contributed by atoms with Crippen LogP contribution in [0, 0.1) is 11.8 Å². The van der Waals surface area contributed by atoms with Crippen molar-refractivity contribution in [3.05, 3.63) is 101 Å². The highest BCUT2D eigenvalue weighted by Gasteiger charge is 2.38. The fourth-order valence-electron chi connectivity index (χ4n) is 4.97. The van der Waals surface area contributed by atoms with Gasteiger partial charge in [0.1, 0.15) is 0 Å². The Balaban J connectivity index is 1.74. The van der Waals surface area contributed by atoms with Gasteiger partial charge in [-0.05, 0) is 53.5 Å². The van der Waals surface area contributed by atoms with Crippen LogP contribution in [0.2, 0.25) is 0 Å². The van der Waals surface area contributed by atoms with Gasteiger partial charge < -0.3 is 10.8 Å². The lowest BCUT2D eigenvalue weighted by atomic mass is 9.68. The third-order valence-electron chi connectivity index (χ3n) is 6.36. The summed E-state index contributed by atoms with van der Waals surface area (Å²) in [5, 5.41) is 9.16. The molecule has 2 aromatic carbocycles. The van der Waals surface area contributed by atoms with Crippen LogP contribution in [0.3, 0.4) is 0 Å². The topological polar surface area (TPSA) is 110 Å². The molecule has 1 aromatic heterocycles. The first-order valence-electron chi connectivity index (χ1n) is 10.6. The van der Waals surface area contributed by atoms with Gasteiger partial charge in [0, 0.05) is 23.9 Å². The number of hydrogen-bond donors (Lipinski definition) is 2. The zero-order valence-electron chi connectivity index (χ0n) is 17.5. The number of amides is 1. The lowest BCUT2D eigenvalue weighted by Gasteiger charge is -2.35. The zero-order chi connectivity index (χ0) is 22.7. The van der Waals surface area contributed by atoms with Gasteiger partial charge >= 0.3 is 5.97 Å². The minimum atomic E-state index is -1.46. The van der Waals surface area contributed by atoms with Crippen LogP contribution in [0.5, 0.6) is 0 Å². The van der Waals surface area contributed by atoms with E-state index in [9.17, 15) is 14.4 Å². The number of rotatable bonds is 7. The molecule has 0 aliphatic heterocycles. The highest BCUT2D eigenvalue weighted by Crippen LogP contribution is 2.41. The van der Waals surface area contributed by atoms with E-state index in [2.05, 4.69) is 4.98 Å². The molecule has 32 heavy (non-hydrogen) atoms. The monoisotopic (exact) mass is 428 g/mol. The average molecular weight is 428 g/mol. The Morgan fingerprint density at radius 3 is 2.38 bits per heavy atom. The Morgan fingerprint density at radius 2 is 1.72 bits per heavy atom. The number of pyridine rings is 1. The molecule has 0 saturated carbocycles. The third-order valence-corrected chi connectivity index (χ3v) is 6.36. The molecule has 0 saturated heterocycles. The summed E-state index contributed by atoms with van der Waals surface area (Å²) >= 11 is 0. The predicted octanol–water partition coefficient (Wildman–Crippen LogP) is 3.39. The molecular formula is C26H24N2O4. The van der Waals surface area contributed by atoms with Crippen molar-refractivity contribution in [3.8, 4) is 0 Å². The lowest BCUT2D eigenvalue weighted by molar-refractivity contribution is -0.131. The molecule has 3 aromatic rings. The van der Waals surface area contributed by atoms with Crippen molar-refractivity contribution in [2.75, 3.05) is 0 Å². The predicted molar refractivity (Wildman–Crippen MR) is 119 cm³/mol. The van der Waals surface area contributed by atoms with Crippen molar-refractivity contribution in [1.29, 1.82) is 0 Å². The summed E-state index contributed by atoms with van der Waals surface area (Å²) in [6.07, 6.45) is 5.17. The number of carboxylic acids is 1. The van der Waals surface area contributed by atoms with Crippen molar-refractivity contribution < 1.29 is 19.5 Å². The summed E-state index contributed by atoms with van der Waals surface area (Å²) in [6.45, 7) is 0. The average Bonchev–Trinajstić information content (AvgIpc) is 2.82. The number of aliphatic carboxylic acids is 1. The van der Waals surface area contributed by atoms with Gasteiger partial charge in [0.2, 0.25) is 5.91 Å². The number of carbonyl (C=O) groups excluding carboxylic acids is 2. The van der Waals surface area contributed by atoms with E-state index in [-0.39, 0.29) is 23.3 Å².